The first-order valence-electron chi connectivity index (χ1n) is 8.58. The number of rotatable bonds is 5. The number of amides is 1. The molecule has 0 fully saturated rings. The van der Waals surface area contributed by atoms with Crippen LogP contribution in [0.4, 0.5) is 10.2 Å². The highest BCUT2D eigenvalue weighted by Gasteiger charge is 2.14. The number of carbonyl (C=O) groups is 1. The SMILES string of the molecule is O=C(Nc1ccn(Cc2c(F)cccc2Cl)n1)c1cc(-c2ccc(Cl)cc2)n[nH]1. The van der Waals surface area contributed by atoms with Gasteiger partial charge in [-0.05, 0) is 30.3 Å². The second-order valence-electron chi connectivity index (χ2n) is 6.23. The lowest BCUT2D eigenvalue weighted by Gasteiger charge is -2.06. The Bertz CT molecular complexity index is 1150. The summed E-state index contributed by atoms with van der Waals surface area (Å²) < 4.78 is 15.4. The number of benzene rings is 2. The molecule has 0 aliphatic heterocycles. The smallest absolute Gasteiger partial charge is 0.274 e. The molecule has 29 heavy (non-hydrogen) atoms. The van der Waals surface area contributed by atoms with Crippen molar-refractivity contribution >= 4 is 34.9 Å². The van der Waals surface area contributed by atoms with Gasteiger partial charge in [-0.15, -0.1) is 0 Å². The van der Waals surface area contributed by atoms with Crippen LogP contribution >= 0.6 is 23.2 Å². The van der Waals surface area contributed by atoms with E-state index in [-0.39, 0.29) is 12.2 Å². The lowest BCUT2D eigenvalue weighted by Crippen LogP contribution is -2.13. The first-order chi connectivity index (χ1) is 14.0. The van der Waals surface area contributed by atoms with E-state index in [0.717, 1.165) is 5.56 Å². The van der Waals surface area contributed by atoms with E-state index in [9.17, 15) is 9.18 Å². The molecule has 0 aliphatic carbocycles. The minimum absolute atomic E-state index is 0.145. The summed E-state index contributed by atoms with van der Waals surface area (Å²) in [5.74, 6) is -0.484. The van der Waals surface area contributed by atoms with Crippen molar-refractivity contribution in [3.63, 3.8) is 0 Å². The molecule has 9 heteroatoms. The molecular formula is C20H14Cl2FN5O. The number of nitrogens with zero attached hydrogens (tertiary/aromatic N) is 3. The number of carbonyl (C=O) groups excluding carboxylic acids is 1. The van der Waals surface area contributed by atoms with E-state index < -0.39 is 11.7 Å². The number of aromatic amines is 1. The summed E-state index contributed by atoms with van der Waals surface area (Å²) in [5, 5.41) is 14.7. The number of aromatic nitrogens is 4. The standard InChI is InChI=1S/C20H14Cl2FN5O/c21-13-6-4-12(5-7-13)17-10-18(26-25-17)20(29)24-19-8-9-28(27-19)11-14-15(22)2-1-3-16(14)23/h1-10H,11H2,(H,25,26)(H,24,27,29). The van der Waals surface area contributed by atoms with Gasteiger partial charge < -0.3 is 5.32 Å². The molecule has 2 N–H and O–H groups in total. The largest absolute Gasteiger partial charge is 0.304 e. The van der Waals surface area contributed by atoms with Crippen LogP contribution < -0.4 is 5.32 Å². The lowest BCUT2D eigenvalue weighted by atomic mass is 10.1. The van der Waals surface area contributed by atoms with E-state index >= 15 is 0 Å². The molecule has 0 spiro atoms. The predicted octanol–water partition coefficient (Wildman–Crippen LogP) is 5.02. The van der Waals surface area contributed by atoms with Gasteiger partial charge in [-0.2, -0.15) is 10.2 Å². The molecular weight excluding hydrogens is 416 g/mol. The number of H-pyrrole nitrogens is 1. The van der Waals surface area contributed by atoms with Gasteiger partial charge in [0, 0.05) is 33.4 Å². The molecule has 4 rings (SSSR count). The fourth-order valence-corrected chi connectivity index (χ4v) is 3.10. The van der Waals surface area contributed by atoms with Crippen molar-refractivity contribution in [2.75, 3.05) is 5.32 Å². The molecule has 2 aromatic heterocycles. The van der Waals surface area contributed by atoms with Crippen LogP contribution in [0, 0.1) is 5.82 Å². The number of hydrogen-bond donors (Lipinski definition) is 2. The molecule has 2 aromatic carbocycles. The summed E-state index contributed by atoms with van der Waals surface area (Å²) in [6, 6.07) is 14.9. The second-order valence-corrected chi connectivity index (χ2v) is 7.07. The van der Waals surface area contributed by atoms with Crippen LogP contribution in [0.25, 0.3) is 11.3 Å². The van der Waals surface area contributed by atoms with Crippen LogP contribution in [-0.2, 0) is 6.54 Å². The fourth-order valence-electron chi connectivity index (χ4n) is 2.75. The van der Waals surface area contributed by atoms with E-state index in [1.165, 1.54) is 10.7 Å². The van der Waals surface area contributed by atoms with Crippen molar-refractivity contribution in [1.82, 2.24) is 20.0 Å². The summed E-state index contributed by atoms with van der Waals surface area (Å²) in [5.41, 5.74) is 2.06. The Kier molecular flexibility index (Phi) is 5.33. The maximum absolute atomic E-state index is 13.9. The Balaban J connectivity index is 1.45. The van der Waals surface area contributed by atoms with Crippen molar-refractivity contribution in [3.05, 3.63) is 87.9 Å². The molecule has 4 aromatic rings. The quantitative estimate of drug-likeness (QED) is 0.467. The van der Waals surface area contributed by atoms with Gasteiger partial charge in [0.05, 0.1) is 12.2 Å². The van der Waals surface area contributed by atoms with E-state index in [4.69, 9.17) is 23.2 Å². The molecule has 0 unspecified atom stereocenters. The summed E-state index contributed by atoms with van der Waals surface area (Å²) in [7, 11) is 0. The lowest BCUT2D eigenvalue weighted by molar-refractivity contribution is 0.102. The van der Waals surface area contributed by atoms with E-state index in [1.807, 2.05) is 12.1 Å². The molecule has 6 nitrogen and oxygen atoms in total. The van der Waals surface area contributed by atoms with Gasteiger partial charge in [0.1, 0.15) is 11.5 Å². The Morgan fingerprint density at radius 3 is 2.69 bits per heavy atom. The molecule has 0 radical (unpaired) electrons. The molecule has 0 atom stereocenters. The zero-order chi connectivity index (χ0) is 20.4. The normalized spacial score (nSPS) is 10.9. The minimum atomic E-state index is -0.411. The molecule has 0 bridgehead atoms. The Labute approximate surface area is 175 Å². The zero-order valence-corrected chi connectivity index (χ0v) is 16.4. The van der Waals surface area contributed by atoms with Gasteiger partial charge in [-0.25, -0.2) is 4.39 Å². The van der Waals surface area contributed by atoms with Gasteiger partial charge in [0.15, 0.2) is 5.82 Å². The van der Waals surface area contributed by atoms with Crippen LogP contribution in [0.2, 0.25) is 10.0 Å². The number of halogens is 3. The van der Waals surface area contributed by atoms with Crippen molar-refractivity contribution in [2.24, 2.45) is 0 Å². The van der Waals surface area contributed by atoms with Crippen LogP contribution in [0.1, 0.15) is 16.1 Å². The molecule has 1 amide bonds. The third-order valence-electron chi connectivity index (χ3n) is 4.23. The summed E-state index contributed by atoms with van der Waals surface area (Å²) >= 11 is 11.9. The zero-order valence-electron chi connectivity index (χ0n) is 14.9. The third kappa shape index (κ3) is 4.31. The fraction of sp³-hybridized carbons (Fsp3) is 0.0500. The van der Waals surface area contributed by atoms with Crippen LogP contribution in [-0.4, -0.2) is 25.9 Å². The highest BCUT2D eigenvalue weighted by Crippen LogP contribution is 2.22. The third-order valence-corrected chi connectivity index (χ3v) is 4.83. The average molecular weight is 430 g/mol. The summed E-state index contributed by atoms with van der Waals surface area (Å²) in [6.45, 7) is 0.145. The van der Waals surface area contributed by atoms with Gasteiger partial charge in [-0.1, -0.05) is 41.4 Å². The molecule has 0 aliphatic rings. The van der Waals surface area contributed by atoms with Crippen molar-refractivity contribution in [3.8, 4) is 11.3 Å². The van der Waals surface area contributed by atoms with Gasteiger partial charge in [0.2, 0.25) is 0 Å². The average Bonchev–Trinajstić information content (AvgIpc) is 3.35. The summed E-state index contributed by atoms with van der Waals surface area (Å²) in [4.78, 5) is 12.5. The Hall–Kier alpha value is -3.16. The molecule has 0 saturated carbocycles. The molecule has 0 saturated heterocycles. The monoisotopic (exact) mass is 429 g/mol. The van der Waals surface area contributed by atoms with Crippen molar-refractivity contribution < 1.29 is 9.18 Å². The number of hydrogen-bond acceptors (Lipinski definition) is 3. The maximum Gasteiger partial charge on any atom is 0.274 e. The number of nitrogens with one attached hydrogen (secondary N) is 2. The Morgan fingerprint density at radius 2 is 1.93 bits per heavy atom. The van der Waals surface area contributed by atoms with E-state index in [2.05, 4.69) is 20.6 Å². The topological polar surface area (TPSA) is 75.6 Å². The van der Waals surface area contributed by atoms with Gasteiger partial charge >= 0.3 is 0 Å². The van der Waals surface area contributed by atoms with E-state index in [1.54, 1.807) is 42.6 Å². The first kappa shape index (κ1) is 19.2. The highest BCUT2D eigenvalue weighted by molar-refractivity contribution is 6.31. The van der Waals surface area contributed by atoms with Crippen LogP contribution in [0.3, 0.4) is 0 Å². The van der Waals surface area contributed by atoms with Crippen LogP contribution in [0.15, 0.2) is 60.8 Å². The van der Waals surface area contributed by atoms with Gasteiger partial charge in [-0.3, -0.25) is 14.6 Å². The van der Waals surface area contributed by atoms with Crippen LogP contribution in [0.5, 0.6) is 0 Å². The molecule has 2 heterocycles. The molecule has 146 valence electrons. The minimum Gasteiger partial charge on any atom is -0.304 e. The Morgan fingerprint density at radius 1 is 1.14 bits per heavy atom. The second kappa shape index (κ2) is 8.06. The number of anilines is 1. The maximum atomic E-state index is 13.9. The first-order valence-corrected chi connectivity index (χ1v) is 9.34. The predicted molar refractivity (Wildman–Crippen MR) is 110 cm³/mol. The van der Waals surface area contributed by atoms with E-state index in [0.29, 0.717) is 27.1 Å². The van der Waals surface area contributed by atoms with Gasteiger partial charge in [0.25, 0.3) is 5.91 Å². The van der Waals surface area contributed by atoms with Crippen molar-refractivity contribution in [1.29, 1.82) is 0 Å². The van der Waals surface area contributed by atoms with Crippen molar-refractivity contribution in [2.45, 2.75) is 6.54 Å². The summed E-state index contributed by atoms with van der Waals surface area (Å²) in [6.07, 6.45) is 1.63. The highest BCUT2D eigenvalue weighted by atomic mass is 35.5.